The molecule has 6 heavy (non-hydrogen) atoms. The quantitative estimate of drug-likeness (QED) is 0.392. The van der Waals surface area contributed by atoms with E-state index in [4.69, 9.17) is 0 Å². The molecule has 0 fully saturated rings. The third kappa shape index (κ3) is 3.16. The van der Waals surface area contributed by atoms with Gasteiger partial charge < -0.3 is 9.47 Å². The maximum Gasteiger partial charge on any atom is 0.154 e. The molecule has 34 valence electrons. The standard InChI is InChI=1S/C4H6O2/c1-5-3-4-6-2/h1-2H3. The van der Waals surface area contributed by atoms with Crippen molar-refractivity contribution in [2.45, 2.75) is 0 Å². The van der Waals surface area contributed by atoms with Gasteiger partial charge in [-0.15, -0.1) is 0 Å². The molecule has 0 aromatic rings. The summed E-state index contributed by atoms with van der Waals surface area (Å²) in [5, 5.41) is 0. The van der Waals surface area contributed by atoms with Crippen molar-refractivity contribution in [1.29, 1.82) is 0 Å². The van der Waals surface area contributed by atoms with E-state index in [1.54, 1.807) is 0 Å². The first-order valence-electron chi connectivity index (χ1n) is 1.47. The Morgan fingerprint density at radius 2 is 1.33 bits per heavy atom. The average molecular weight is 86.1 g/mol. The minimum absolute atomic E-state index is 1.48. The fourth-order valence-corrected chi connectivity index (χ4v) is 0.0833. The summed E-state index contributed by atoms with van der Waals surface area (Å²) in [6, 6.07) is 0. The first-order chi connectivity index (χ1) is 2.91. The molecule has 0 aromatic heterocycles. The van der Waals surface area contributed by atoms with Crippen molar-refractivity contribution in [1.82, 2.24) is 0 Å². The van der Waals surface area contributed by atoms with Crippen LogP contribution in [0.15, 0.2) is 0 Å². The first kappa shape index (κ1) is 5.16. The molecule has 0 bridgehead atoms. The van der Waals surface area contributed by atoms with Crippen LogP contribution in [0.1, 0.15) is 0 Å². The Morgan fingerprint density at radius 1 is 1.00 bits per heavy atom. The largest absolute Gasteiger partial charge is 0.448 e. The van der Waals surface area contributed by atoms with E-state index in [-0.39, 0.29) is 0 Å². The van der Waals surface area contributed by atoms with Gasteiger partial charge in [-0.05, 0) is 0 Å². The van der Waals surface area contributed by atoms with Crippen molar-refractivity contribution in [3.8, 4) is 12.2 Å². The van der Waals surface area contributed by atoms with Gasteiger partial charge in [-0.1, -0.05) is 0 Å². The zero-order valence-electron chi connectivity index (χ0n) is 3.82. The van der Waals surface area contributed by atoms with Gasteiger partial charge in [0.25, 0.3) is 0 Å². The van der Waals surface area contributed by atoms with Gasteiger partial charge in [-0.2, -0.15) is 0 Å². The van der Waals surface area contributed by atoms with Crippen LogP contribution in [0.2, 0.25) is 0 Å². The monoisotopic (exact) mass is 86.0 g/mol. The number of hydrogen-bond acceptors (Lipinski definition) is 2. The van der Waals surface area contributed by atoms with E-state index < -0.39 is 0 Å². The Hall–Kier alpha value is -0.840. The molecule has 0 saturated carbocycles. The van der Waals surface area contributed by atoms with Gasteiger partial charge in [0.2, 0.25) is 0 Å². The molecule has 2 heteroatoms. The predicted molar refractivity (Wildman–Crippen MR) is 21.8 cm³/mol. The highest BCUT2D eigenvalue weighted by Gasteiger charge is 1.52. The van der Waals surface area contributed by atoms with Crippen LogP contribution in [0.3, 0.4) is 0 Å². The predicted octanol–water partition coefficient (Wildman–Crippen LogP) is 0.198. The van der Waals surface area contributed by atoms with Crippen LogP contribution < -0.4 is 0 Å². The van der Waals surface area contributed by atoms with Crippen molar-refractivity contribution in [3.63, 3.8) is 0 Å². The molecule has 0 unspecified atom stereocenters. The molecule has 0 spiro atoms. The van der Waals surface area contributed by atoms with Crippen LogP contribution in [-0.2, 0) is 9.47 Å². The maximum atomic E-state index is 4.30. The van der Waals surface area contributed by atoms with Crippen molar-refractivity contribution in [2.24, 2.45) is 0 Å². The summed E-state index contributed by atoms with van der Waals surface area (Å²) in [6.07, 6.45) is 4.45. The smallest absolute Gasteiger partial charge is 0.154 e. The Labute approximate surface area is 37.1 Å². The molecule has 0 atom stereocenters. The van der Waals surface area contributed by atoms with Gasteiger partial charge in [-0.25, -0.2) is 0 Å². The Kier molecular flexibility index (Phi) is 3.58. The van der Waals surface area contributed by atoms with Gasteiger partial charge in [-0.3, -0.25) is 0 Å². The zero-order chi connectivity index (χ0) is 4.83. The summed E-state index contributed by atoms with van der Waals surface area (Å²) in [6.45, 7) is 0. The van der Waals surface area contributed by atoms with E-state index in [1.807, 2.05) is 0 Å². The van der Waals surface area contributed by atoms with Crippen LogP contribution >= 0.6 is 0 Å². The van der Waals surface area contributed by atoms with Crippen LogP contribution in [0, 0.1) is 12.2 Å². The molecule has 0 aromatic carbocycles. The van der Waals surface area contributed by atoms with Crippen molar-refractivity contribution < 1.29 is 9.47 Å². The molecule has 0 aliphatic rings. The average Bonchev–Trinajstić information content (AvgIpc) is 1.61. The summed E-state index contributed by atoms with van der Waals surface area (Å²) in [5.74, 6) is 0. The second kappa shape index (κ2) is 4.16. The molecular weight excluding hydrogens is 80.0 g/mol. The van der Waals surface area contributed by atoms with Crippen LogP contribution in [0.4, 0.5) is 0 Å². The van der Waals surface area contributed by atoms with Crippen molar-refractivity contribution in [2.75, 3.05) is 14.2 Å². The summed E-state index contributed by atoms with van der Waals surface area (Å²) in [5.41, 5.74) is 0. The third-order valence-electron chi connectivity index (χ3n) is 0.246. The van der Waals surface area contributed by atoms with E-state index >= 15 is 0 Å². The number of ether oxygens (including phenoxy) is 2. The minimum Gasteiger partial charge on any atom is -0.448 e. The van der Waals surface area contributed by atoms with Crippen molar-refractivity contribution >= 4 is 0 Å². The van der Waals surface area contributed by atoms with Crippen LogP contribution in [0.25, 0.3) is 0 Å². The minimum atomic E-state index is 1.48. The second-order valence-corrected chi connectivity index (χ2v) is 0.612. The lowest BCUT2D eigenvalue weighted by atomic mass is 11.2. The highest BCUT2D eigenvalue weighted by Crippen LogP contribution is 1.55. The summed E-state index contributed by atoms with van der Waals surface area (Å²) >= 11 is 0. The molecule has 2 nitrogen and oxygen atoms in total. The molecule has 0 saturated heterocycles. The number of hydrogen-bond donors (Lipinski definition) is 0. The summed E-state index contributed by atoms with van der Waals surface area (Å²) < 4.78 is 8.59. The second-order valence-electron chi connectivity index (χ2n) is 0.612. The topological polar surface area (TPSA) is 18.5 Å². The summed E-state index contributed by atoms with van der Waals surface area (Å²) in [4.78, 5) is 0. The zero-order valence-corrected chi connectivity index (χ0v) is 3.82. The molecule has 0 N–H and O–H groups in total. The van der Waals surface area contributed by atoms with Crippen LogP contribution in [0.5, 0.6) is 0 Å². The van der Waals surface area contributed by atoms with Gasteiger partial charge >= 0.3 is 0 Å². The Balaban J connectivity index is 2.90. The fraction of sp³-hybridized carbons (Fsp3) is 0.500. The van der Waals surface area contributed by atoms with Crippen LogP contribution in [-0.4, -0.2) is 14.2 Å². The third-order valence-corrected chi connectivity index (χ3v) is 0.246. The fourth-order valence-electron chi connectivity index (χ4n) is 0.0833. The number of rotatable bonds is 0. The highest BCUT2D eigenvalue weighted by molar-refractivity contribution is 4.78. The maximum absolute atomic E-state index is 4.30. The van der Waals surface area contributed by atoms with E-state index in [2.05, 4.69) is 21.7 Å². The van der Waals surface area contributed by atoms with Gasteiger partial charge in [0.1, 0.15) is 0 Å². The number of methoxy groups -OCH3 is 2. The van der Waals surface area contributed by atoms with E-state index in [9.17, 15) is 0 Å². The van der Waals surface area contributed by atoms with Crippen molar-refractivity contribution in [3.05, 3.63) is 0 Å². The normalized spacial score (nSPS) is 5.00. The molecule has 0 radical (unpaired) electrons. The van der Waals surface area contributed by atoms with E-state index in [1.165, 1.54) is 14.2 Å². The van der Waals surface area contributed by atoms with E-state index in [0.717, 1.165) is 0 Å². The summed E-state index contributed by atoms with van der Waals surface area (Å²) in [7, 11) is 2.96. The molecule has 0 amide bonds. The van der Waals surface area contributed by atoms with E-state index in [0.29, 0.717) is 0 Å². The molecule has 0 aliphatic heterocycles. The van der Waals surface area contributed by atoms with Gasteiger partial charge in [0.15, 0.2) is 12.2 Å². The lowest BCUT2D eigenvalue weighted by molar-refractivity contribution is 0.336. The molecule has 0 rings (SSSR count). The molecule has 0 aliphatic carbocycles. The molecule has 0 heterocycles. The van der Waals surface area contributed by atoms with Gasteiger partial charge in [0, 0.05) is 0 Å². The lowest BCUT2D eigenvalue weighted by Gasteiger charge is -1.75. The highest BCUT2D eigenvalue weighted by atomic mass is 16.5. The Bertz CT molecular complexity index is 59.4. The SMILES string of the molecule is COC#COC. The van der Waals surface area contributed by atoms with Gasteiger partial charge in [0.05, 0.1) is 14.2 Å². The Morgan fingerprint density at radius 3 is 1.50 bits per heavy atom. The first-order valence-corrected chi connectivity index (χ1v) is 1.47. The molecular formula is C4H6O2. The lowest BCUT2D eigenvalue weighted by Crippen LogP contribution is -1.67.